The van der Waals surface area contributed by atoms with Crippen LogP contribution in [0.4, 0.5) is 0 Å². The van der Waals surface area contributed by atoms with Crippen LogP contribution in [0.5, 0.6) is 5.75 Å². The predicted molar refractivity (Wildman–Crippen MR) is 102 cm³/mol. The Kier molecular flexibility index (Phi) is 5.18. The van der Waals surface area contributed by atoms with Crippen LogP contribution in [0, 0.1) is 5.92 Å². The molecule has 0 amide bonds. The van der Waals surface area contributed by atoms with Crippen LogP contribution in [-0.2, 0) is 19.3 Å². The summed E-state index contributed by atoms with van der Waals surface area (Å²) < 4.78 is 5.59. The predicted octanol–water partition coefficient (Wildman–Crippen LogP) is 4.14. The molecule has 0 radical (unpaired) electrons. The van der Waals surface area contributed by atoms with E-state index in [2.05, 4.69) is 6.07 Å². The van der Waals surface area contributed by atoms with Crippen LogP contribution in [0.2, 0.25) is 0 Å². The van der Waals surface area contributed by atoms with Gasteiger partial charge in [-0.15, -0.1) is 11.3 Å². The fourth-order valence-corrected chi connectivity index (χ4v) is 5.25. The van der Waals surface area contributed by atoms with E-state index < -0.39 is 5.63 Å². The van der Waals surface area contributed by atoms with Gasteiger partial charge in [0.2, 0.25) is 0 Å². The SMILES string of the molecule is O=c1oc2c(c(O)c1Cc1ccc(C(CO)C3CC3)s1)CCCCCC2. The average molecular weight is 375 g/mol. The van der Waals surface area contributed by atoms with Gasteiger partial charge in [-0.05, 0) is 50.2 Å². The van der Waals surface area contributed by atoms with Crippen molar-refractivity contribution in [3.05, 3.63) is 49.2 Å². The van der Waals surface area contributed by atoms with Crippen molar-refractivity contribution in [1.82, 2.24) is 0 Å². The number of hydrogen-bond donors (Lipinski definition) is 2. The van der Waals surface area contributed by atoms with Crippen molar-refractivity contribution in [2.24, 2.45) is 5.92 Å². The van der Waals surface area contributed by atoms with E-state index in [1.54, 1.807) is 11.3 Å². The normalized spacial score (nSPS) is 18.8. The monoisotopic (exact) mass is 374 g/mol. The molecule has 2 N–H and O–H groups in total. The maximum Gasteiger partial charge on any atom is 0.343 e. The van der Waals surface area contributed by atoms with Crippen LogP contribution in [0.15, 0.2) is 21.3 Å². The van der Waals surface area contributed by atoms with Gasteiger partial charge in [0, 0.05) is 34.1 Å². The first-order chi connectivity index (χ1) is 12.7. The third-order valence-electron chi connectivity index (χ3n) is 5.74. The molecule has 0 aliphatic heterocycles. The van der Waals surface area contributed by atoms with Gasteiger partial charge in [-0.1, -0.05) is 12.8 Å². The number of aliphatic hydroxyl groups excluding tert-OH is 1. The van der Waals surface area contributed by atoms with Crippen molar-refractivity contribution in [3.63, 3.8) is 0 Å². The Balaban J connectivity index is 1.61. The number of hydrogen-bond acceptors (Lipinski definition) is 5. The Morgan fingerprint density at radius 3 is 2.65 bits per heavy atom. The average Bonchev–Trinajstić information content (AvgIpc) is 3.33. The third kappa shape index (κ3) is 3.60. The van der Waals surface area contributed by atoms with Crippen LogP contribution in [-0.4, -0.2) is 16.8 Å². The molecule has 2 aliphatic carbocycles. The number of aliphatic hydroxyl groups is 1. The smallest absolute Gasteiger partial charge is 0.343 e. The van der Waals surface area contributed by atoms with E-state index in [1.807, 2.05) is 6.07 Å². The molecule has 0 saturated heterocycles. The Hall–Kier alpha value is -1.59. The minimum atomic E-state index is -0.405. The molecule has 1 unspecified atom stereocenters. The number of aromatic hydroxyl groups is 1. The van der Waals surface area contributed by atoms with E-state index in [9.17, 15) is 15.0 Å². The molecule has 2 heterocycles. The molecule has 2 aliphatic rings. The van der Waals surface area contributed by atoms with Crippen LogP contribution >= 0.6 is 11.3 Å². The van der Waals surface area contributed by atoms with Gasteiger partial charge in [0.25, 0.3) is 0 Å². The number of aryl methyl sites for hydroxylation is 1. The molecule has 26 heavy (non-hydrogen) atoms. The molecule has 2 aromatic rings. The minimum Gasteiger partial charge on any atom is -0.507 e. The summed E-state index contributed by atoms with van der Waals surface area (Å²) in [7, 11) is 0. The maximum absolute atomic E-state index is 12.5. The summed E-state index contributed by atoms with van der Waals surface area (Å²) in [5.41, 5.74) is 0.810. The van der Waals surface area contributed by atoms with Crippen molar-refractivity contribution in [2.75, 3.05) is 6.61 Å². The van der Waals surface area contributed by atoms with Crippen LogP contribution < -0.4 is 5.63 Å². The van der Waals surface area contributed by atoms with Crippen molar-refractivity contribution in [1.29, 1.82) is 0 Å². The molecule has 0 bridgehead atoms. The van der Waals surface area contributed by atoms with Gasteiger partial charge in [-0.25, -0.2) is 4.79 Å². The van der Waals surface area contributed by atoms with Gasteiger partial charge in [0.1, 0.15) is 11.5 Å². The van der Waals surface area contributed by atoms with E-state index in [0.29, 0.717) is 23.7 Å². The summed E-state index contributed by atoms with van der Waals surface area (Å²) in [6.45, 7) is 0.177. The van der Waals surface area contributed by atoms with Gasteiger partial charge in [-0.3, -0.25) is 0 Å². The topological polar surface area (TPSA) is 70.7 Å². The standard InChI is InChI=1S/C21H26O4S/c22-12-17(13-7-8-13)19-10-9-14(26-19)11-16-20(23)15-5-3-1-2-4-6-18(15)25-21(16)24/h9-10,13,17,22-23H,1-8,11-12H2. The van der Waals surface area contributed by atoms with Crippen molar-refractivity contribution < 1.29 is 14.6 Å². The highest BCUT2D eigenvalue weighted by molar-refractivity contribution is 7.12. The molecular weight excluding hydrogens is 348 g/mol. The molecule has 0 spiro atoms. The van der Waals surface area contributed by atoms with E-state index >= 15 is 0 Å². The van der Waals surface area contributed by atoms with E-state index in [4.69, 9.17) is 4.42 Å². The summed E-state index contributed by atoms with van der Waals surface area (Å²) in [5.74, 6) is 1.64. The highest BCUT2D eigenvalue weighted by Crippen LogP contribution is 2.44. The summed E-state index contributed by atoms with van der Waals surface area (Å²) in [4.78, 5) is 14.7. The Labute approximate surface area is 157 Å². The molecule has 4 rings (SSSR count). The first-order valence-electron chi connectivity index (χ1n) is 9.73. The zero-order chi connectivity index (χ0) is 18.1. The molecule has 140 valence electrons. The summed E-state index contributed by atoms with van der Waals surface area (Å²) in [5, 5.41) is 20.4. The largest absolute Gasteiger partial charge is 0.507 e. The molecule has 0 aromatic carbocycles. The van der Waals surface area contributed by atoms with Crippen LogP contribution in [0.3, 0.4) is 0 Å². The molecule has 1 atom stereocenters. The molecular formula is C21H26O4S. The third-order valence-corrected chi connectivity index (χ3v) is 6.95. The minimum absolute atomic E-state index is 0.147. The molecule has 1 saturated carbocycles. The van der Waals surface area contributed by atoms with Crippen molar-refractivity contribution >= 4 is 11.3 Å². The van der Waals surface area contributed by atoms with Gasteiger partial charge in [0.05, 0.1) is 12.2 Å². The molecule has 5 heteroatoms. The van der Waals surface area contributed by atoms with Crippen LogP contribution in [0.25, 0.3) is 0 Å². The fourth-order valence-electron chi connectivity index (χ4n) is 4.04. The van der Waals surface area contributed by atoms with Gasteiger partial charge < -0.3 is 14.6 Å². The van der Waals surface area contributed by atoms with E-state index in [-0.39, 0.29) is 18.3 Å². The number of fused-ring (bicyclic) bond motifs is 1. The highest BCUT2D eigenvalue weighted by Gasteiger charge is 2.32. The number of thiophene rings is 1. The maximum atomic E-state index is 12.5. The first-order valence-corrected chi connectivity index (χ1v) is 10.5. The fraction of sp³-hybridized carbons (Fsp3) is 0.571. The van der Waals surface area contributed by atoms with Gasteiger partial charge >= 0.3 is 5.63 Å². The highest BCUT2D eigenvalue weighted by atomic mass is 32.1. The second kappa shape index (κ2) is 7.57. The second-order valence-electron chi connectivity index (χ2n) is 7.64. The zero-order valence-electron chi connectivity index (χ0n) is 15.0. The summed E-state index contributed by atoms with van der Waals surface area (Å²) in [6, 6.07) is 4.08. The first kappa shape index (κ1) is 17.8. The van der Waals surface area contributed by atoms with Crippen molar-refractivity contribution in [2.45, 2.75) is 63.7 Å². The van der Waals surface area contributed by atoms with Crippen molar-refractivity contribution in [3.8, 4) is 5.75 Å². The van der Waals surface area contributed by atoms with Gasteiger partial charge in [-0.2, -0.15) is 0 Å². The Bertz CT molecular complexity index is 831. The summed E-state index contributed by atoms with van der Waals surface area (Å²) >= 11 is 1.64. The zero-order valence-corrected chi connectivity index (χ0v) is 15.8. The van der Waals surface area contributed by atoms with Crippen LogP contribution in [0.1, 0.15) is 71.1 Å². The van der Waals surface area contributed by atoms with Gasteiger partial charge in [0.15, 0.2) is 0 Å². The molecule has 2 aromatic heterocycles. The number of rotatable bonds is 5. The lowest BCUT2D eigenvalue weighted by Crippen LogP contribution is -2.13. The quantitative estimate of drug-likeness (QED) is 0.825. The lowest BCUT2D eigenvalue weighted by atomic mass is 9.95. The molecule has 4 nitrogen and oxygen atoms in total. The summed E-state index contributed by atoms with van der Waals surface area (Å²) in [6.07, 6.45) is 8.63. The molecule has 1 fully saturated rings. The van der Waals surface area contributed by atoms with E-state index in [0.717, 1.165) is 49.0 Å². The second-order valence-corrected chi connectivity index (χ2v) is 8.84. The Morgan fingerprint density at radius 2 is 1.92 bits per heavy atom. The lowest BCUT2D eigenvalue weighted by Gasteiger charge is -2.15. The Morgan fingerprint density at radius 1 is 1.15 bits per heavy atom. The lowest BCUT2D eigenvalue weighted by molar-refractivity contribution is 0.255. The van der Waals surface area contributed by atoms with E-state index in [1.165, 1.54) is 17.7 Å².